The summed E-state index contributed by atoms with van der Waals surface area (Å²) in [6.45, 7) is 1.78. The molecular weight excluding hydrogens is 294 g/mol. The summed E-state index contributed by atoms with van der Waals surface area (Å²) in [5, 5.41) is 3.04. The van der Waals surface area contributed by atoms with Crippen molar-refractivity contribution in [2.45, 2.75) is 44.8 Å². The molecule has 1 N–H and O–H groups in total. The Morgan fingerprint density at radius 3 is 2.83 bits per heavy atom. The molecule has 1 unspecified atom stereocenters. The predicted octanol–water partition coefficient (Wildman–Crippen LogP) is 3.28. The maximum Gasteiger partial charge on any atom is 0.260 e. The molecule has 4 heteroatoms. The van der Waals surface area contributed by atoms with Gasteiger partial charge in [-0.1, -0.05) is 34.8 Å². The van der Waals surface area contributed by atoms with Crippen LogP contribution in [-0.4, -0.2) is 18.1 Å². The van der Waals surface area contributed by atoms with Crippen molar-refractivity contribution in [1.82, 2.24) is 5.32 Å². The number of rotatable bonds is 4. The molecule has 0 bridgehead atoms. The Bertz CT molecular complexity index is 416. The summed E-state index contributed by atoms with van der Waals surface area (Å²) in [5.74, 6) is 0.681. The van der Waals surface area contributed by atoms with E-state index in [9.17, 15) is 4.79 Å². The number of benzene rings is 1. The summed E-state index contributed by atoms with van der Waals surface area (Å²) in [6.07, 6.45) is 4.15. The third-order valence-electron chi connectivity index (χ3n) is 3.18. The lowest BCUT2D eigenvalue weighted by Crippen LogP contribution is -2.41. The first-order valence-corrected chi connectivity index (χ1v) is 7.17. The first-order valence-electron chi connectivity index (χ1n) is 6.38. The third-order valence-corrected chi connectivity index (χ3v) is 3.67. The number of nitrogens with one attached hydrogen (secondary N) is 1. The van der Waals surface area contributed by atoms with Crippen molar-refractivity contribution in [3.63, 3.8) is 0 Å². The molecule has 0 saturated heterocycles. The highest BCUT2D eigenvalue weighted by atomic mass is 79.9. The van der Waals surface area contributed by atoms with E-state index in [1.54, 1.807) is 6.92 Å². The van der Waals surface area contributed by atoms with E-state index in [1.165, 1.54) is 12.8 Å². The molecule has 1 amide bonds. The third kappa shape index (κ3) is 3.73. The van der Waals surface area contributed by atoms with Gasteiger partial charge in [0.2, 0.25) is 0 Å². The van der Waals surface area contributed by atoms with E-state index in [0.717, 1.165) is 17.3 Å². The summed E-state index contributed by atoms with van der Waals surface area (Å²) in [5.41, 5.74) is 0. The van der Waals surface area contributed by atoms with Crippen LogP contribution in [0.15, 0.2) is 28.7 Å². The fraction of sp³-hybridized carbons (Fsp3) is 0.500. The molecule has 2 rings (SSSR count). The summed E-state index contributed by atoms with van der Waals surface area (Å²) < 4.78 is 6.57. The smallest absolute Gasteiger partial charge is 0.260 e. The number of hydrogen-bond donors (Lipinski definition) is 1. The first-order chi connectivity index (χ1) is 8.65. The minimum Gasteiger partial charge on any atom is -0.481 e. The van der Waals surface area contributed by atoms with E-state index in [1.807, 2.05) is 24.3 Å². The molecule has 1 fully saturated rings. The molecule has 0 aliphatic heterocycles. The van der Waals surface area contributed by atoms with Crippen molar-refractivity contribution in [3.05, 3.63) is 28.7 Å². The van der Waals surface area contributed by atoms with Gasteiger partial charge in [0, 0.05) is 10.5 Å². The summed E-state index contributed by atoms with van der Waals surface area (Å²) in [4.78, 5) is 11.9. The Hall–Kier alpha value is -1.03. The summed E-state index contributed by atoms with van der Waals surface area (Å²) >= 11 is 3.38. The first kappa shape index (κ1) is 13.4. The standard InChI is InChI=1S/C14H18BrNO2/c1-10(14(17)16-12-6-2-3-7-12)18-13-8-4-5-11(15)9-13/h4-5,8-10,12H,2-3,6-7H2,1H3,(H,16,17). The normalized spacial score (nSPS) is 17.4. The van der Waals surface area contributed by atoms with Gasteiger partial charge in [-0.25, -0.2) is 0 Å². The number of hydrogen-bond acceptors (Lipinski definition) is 2. The molecule has 18 heavy (non-hydrogen) atoms. The highest BCUT2D eigenvalue weighted by Gasteiger charge is 2.21. The maximum atomic E-state index is 11.9. The Labute approximate surface area is 116 Å². The Kier molecular flexibility index (Phi) is 4.64. The molecule has 0 heterocycles. The SMILES string of the molecule is CC(Oc1cccc(Br)c1)C(=O)NC1CCCC1. The van der Waals surface area contributed by atoms with E-state index in [2.05, 4.69) is 21.2 Å². The Morgan fingerprint density at radius 2 is 2.17 bits per heavy atom. The van der Waals surface area contributed by atoms with Crippen LogP contribution >= 0.6 is 15.9 Å². The van der Waals surface area contributed by atoms with E-state index < -0.39 is 6.10 Å². The van der Waals surface area contributed by atoms with Crippen molar-refractivity contribution < 1.29 is 9.53 Å². The molecule has 0 radical (unpaired) electrons. The van der Waals surface area contributed by atoms with Gasteiger partial charge >= 0.3 is 0 Å². The van der Waals surface area contributed by atoms with Crippen LogP contribution < -0.4 is 10.1 Å². The number of carbonyl (C=O) groups is 1. The second kappa shape index (κ2) is 6.23. The molecule has 3 nitrogen and oxygen atoms in total. The van der Waals surface area contributed by atoms with Crippen LogP contribution in [-0.2, 0) is 4.79 Å². The Balaban J connectivity index is 1.86. The van der Waals surface area contributed by atoms with Crippen molar-refractivity contribution in [2.24, 2.45) is 0 Å². The Morgan fingerprint density at radius 1 is 1.44 bits per heavy atom. The van der Waals surface area contributed by atoms with Crippen LogP contribution in [0.2, 0.25) is 0 Å². The topological polar surface area (TPSA) is 38.3 Å². The number of carbonyl (C=O) groups excluding carboxylic acids is 1. The van der Waals surface area contributed by atoms with E-state index in [-0.39, 0.29) is 5.91 Å². The van der Waals surface area contributed by atoms with Gasteiger partial charge in [0.05, 0.1) is 0 Å². The molecular formula is C14H18BrNO2. The van der Waals surface area contributed by atoms with E-state index in [4.69, 9.17) is 4.74 Å². The molecule has 1 atom stereocenters. The lowest BCUT2D eigenvalue weighted by atomic mass is 10.2. The summed E-state index contributed by atoms with van der Waals surface area (Å²) in [6, 6.07) is 7.87. The van der Waals surface area contributed by atoms with Gasteiger partial charge in [0.15, 0.2) is 6.10 Å². The van der Waals surface area contributed by atoms with Gasteiger partial charge < -0.3 is 10.1 Å². The largest absolute Gasteiger partial charge is 0.481 e. The number of ether oxygens (including phenoxy) is 1. The van der Waals surface area contributed by atoms with E-state index >= 15 is 0 Å². The lowest BCUT2D eigenvalue weighted by molar-refractivity contribution is -0.127. The minimum atomic E-state index is -0.458. The molecule has 1 aromatic carbocycles. The molecule has 98 valence electrons. The van der Waals surface area contributed by atoms with Crippen LogP contribution in [0.4, 0.5) is 0 Å². The maximum absolute atomic E-state index is 11.9. The number of amides is 1. The van der Waals surface area contributed by atoms with Crippen LogP contribution in [0.3, 0.4) is 0 Å². The lowest BCUT2D eigenvalue weighted by Gasteiger charge is -2.18. The molecule has 1 aliphatic rings. The van der Waals surface area contributed by atoms with Crippen molar-refractivity contribution in [1.29, 1.82) is 0 Å². The van der Waals surface area contributed by atoms with Crippen LogP contribution in [0, 0.1) is 0 Å². The molecule has 0 spiro atoms. The second-order valence-electron chi connectivity index (χ2n) is 4.71. The second-order valence-corrected chi connectivity index (χ2v) is 5.62. The predicted molar refractivity (Wildman–Crippen MR) is 74.6 cm³/mol. The zero-order valence-corrected chi connectivity index (χ0v) is 12.1. The fourth-order valence-corrected chi connectivity index (χ4v) is 2.56. The average molecular weight is 312 g/mol. The molecule has 1 saturated carbocycles. The van der Waals surface area contributed by atoms with Crippen molar-refractivity contribution in [2.75, 3.05) is 0 Å². The van der Waals surface area contributed by atoms with Crippen molar-refractivity contribution in [3.8, 4) is 5.75 Å². The van der Waals surface area contributed by atoms with E-state index in [0.29, 0.717) is 11.8 Å². The quantitative estimate of drug-likeness (QED) is 0.926. The van der Waals surface area contributed by atoms with Crippen LogP contribution in [0.5, 0.6) is 5.75 Å². The van der Waals surface area contributed by atoms with Crippen molar-refractivity contribution >= 4 is 21.8 Å². The van der Waals surface area contributed by atoms with Gasteiger partial charge in [-0.05, 0) is 38.0 Å². The highest BCUT2D eigenvalue weighted by Crippen LogP contribution is 2.20. The summed E-state index contributed by atoms with van der Waals surface area (Å²) in [7, 11) is 0. The average Bonchev–Trinajstić information content (AvgIpc) is 2.81. The minimum absolute atomic E-state index is 0.0260. The fourth-order valence-electron chi connectivity index (χ4n) is 2.19. The zero-order valence-electron chi connectivity index (χ0n) is 10.5. The monoisotopic (exact) mass is 311 g/mol. The van der Waals surface area contributed by atoms with Crippen LogP contribution in [0.1, 0.15) is 32.6 Å². The highest BCUT2D eigenvalue weighted by molar-refractivity contribution is 9.10. The van der Waals surface area contributed by atoms with Crippen LogP contribution in [0.25, 0.3) is 0 Å². The van der Waals surface area contributed by atoms with Gasteiger partial charge in [0.1, 0.15) is 5.75 Å². The van der Waals surface area contributed by atoms with Gasteiger partial charge in [0.25, 0.3) is 5.91 Å². The van der Waals surface area contributed by atoms with Gasteiger partial charge in [-0.15, -0.1) is 0 Å². The molecule has 0 aromatic heterocycles. The molecule has 1 aromatic rings. The zero-order chi connectivity index (χ0) is 13.0. The number of halogens is 1. The van der Waals surface area contributed by atoms with Gasteiger partial charge in [-0.3, -0.25) is 4.79 Å². The molecule has 1 aliphatic carbocycles. The van der Waals surface area contributed by atoms with Gasteiger partial charge in [-0.2, -0.15) is 0 Å².